The predicted octanol–water partition coefficient (Wildman–Crippen LogP) is 1.88. The van der Waals surface area contributed by atoms with E-state index in [1.807, 2.05) is 20.8 Å². The smallest absolute Gasteiger partial charge is 0.323 e. The molecule has 1 saturated heterocycles. The largest absolute Gasteiger partial charge is 0.459 e. The van der Waals surface area contributed by atoms with Crippen LogP contribution >= 0.6 is 22.6 Å². The van der Waals surface area contributed by atoms with Gasteiger partial charge in [0, 0.05) is 3.92 Å². The molecule has 1 rings (SSSR count). The fourth-order valence-corrected chi connectivity index (χ4v) is 2.24. The summed E-state index contributed by atoms with van der Waals surface area (Å²) < 4.78 is 5.91. The monoisotopic (exact) mass is 311 g/mol. The first-order chi connectivity index (χ1) is 6.38. The number of ether oxygens (including phenoxy) is 1. The van der Waals surface area contributed by atoms with Gasteiger partial charge in [0.2, 0.25) is 0 Å². The van der Waals surface area contributed by atoms with Gasteiger partial charge in [0.05, 0.1) is 0 Å². The Hall–Kier alpha value is 0.160. The van der Waals surface area contributed by atoms with Gasteiger partial charge in [0.1, 0.15) is 11.6 Å². The maximum atomic E-state index is 11.7. The molecule has 4 heteroatoms. The molecule has 14 heavy (non-hydrogen) atoms. The molecule has 0 spiro atoms. The van der Waals surface area contributed by atoms with Crippen molar-refractivity contribution in [2.75, 3.05) is 6.54 Å². The molecular weight excluding hydrogens is 293 g/mol. The first kappa shape index (κ1) is 12.2. The van der Waals surface area contributed by atoms with Crippen molar-refractivity contribution in [2.24, 2.45) is 0 Å². The number of hydrogen-bond donors (Lipinski definition) is 1. The standard InChI is InChI=1S/C10H18INO2/c1-10(2,3)14-9(13)8-6-7(11)4-5-12-8/h7-8,12H,4-6H2,1-3H3. The van der Waals surface area contributed by atoms with E-state index in [4.69, 9.17) is 4.74 Å². The number of piperidine rings is 1. The van der Waals surface area contributed by atoms with Gasteiger partial charge < -0.3 is 10.1 Å². The molecule has 1 fully saturated rings. The average Bonchev–Trinajstić information content (AvgIpc) is 2.01. The Kier molecular flexibility index (Phi) is 4.18. The molecule has 0 aliphatic carbocycles. The third kappa shape index (κ3) is 4.13. The zero-order chi connectivity index (χ0) is 10.8. The highest BCUT2D eigenvalue weighted by Gasteiger charge is 2.29. The molecule has 0 aromatic rings. The molecule has 2 unspecified atom stereocenters. The van der Waals surface area contributed by atoms with Crippen LogP contribution in [-0.4, -0.2) is 28.1 Å². The molecule has 82 valence electrons. The minimum absolute atomic E-state index is 0.107. The normalized spacial score (nSPS) is 28.6. The Balaban J connectivity index is 2.44. The second kappa shape index (κ2) is 4.79. The summed E-state index contributed by atoms with van der Waals surface area (Å²) in [6.45, 7) is 6.61. The van der Waals surface area contributed by atoms with Crippen molar-refractivity contribution in [2.45, 2.75) is 49.2 Å². The molecule has 0 radical (unpaired) electrons. The van der Waals surface area contributed by atoms with Crippen LogP contribution in [0.2, 0.25) is 0 Å². The summed E-state index contributed by atoms with van der Waals surface area (Å²) in [4.78, 5) is 11.7. The lowest BCUT2D eigenvalue weighted by Gasteiger charge is -2.29. The van der Waals surface area contributed by atoms with Gasteiger partial charge in [-0.3, -0.25) is 4.79 Å². The lowest BCUT2D eigenvalue weighted by Crippen LogP contribution is -2.46. The molecule has 0 aromatic heterocycles. The zero-order valence-electron chi connectivity index (χ0n) is 8.97. The van der Waals surface area contributed by atoms with Crippen LogP contribution in [0.15, 0.2) is 0 Å². The molecule has 1 aliphatic rings. The highest BCUT2D eigenvalue weighted by Crippen LogP contribution is 2.19. The average molecular weight is 311 g/mol. The highest BCUT2D eigenvalue weighted by atomic mass is 127. The van der Waals surface area contributed by atoms with E-state index < -0.39 is 0 Å². The molecule has 0 bridgehead atoms. The van der Waals surface area contributed by atoms with Crippen LogP contribution in [0.5, 0.6) is 0 Å². The lowest BCUT2D eigenvalue weighted by atomic mass is 10.0. The number of carbonyl (C=O) groups excluding carboxylic acids is 1. The Bertz CT molecular complexity index is 213. The van der Waals surface area contributed by atoms with E-state index in [-0.39, 0.29) is 17.6 Å². The third-order valence-corrected chi connectivity index (χ3v) is 3.16. The van der Waals surface area contributed by atoms with Crippen LogP contribution in [0, 0.1) is 0 Å². The number of hydrogen-bond acceptors (Lipinski definition) is 3. The number of halogens is 1. The van der Waals surface area contributed by atoms with Crippen molar-refractivity contribution in [1.82, 2.24) is 5.32 Å². The van der Waals surface area contributed by atoms with Gasteiger partial charge in [0.25, 0.3) is 0 Å². The summed E-state index contributed by atoms with van der Waals surface area (Å²) in [7, 11) is 0. The van der Waals surface area contributed by atoms with Crippen molar-refractivity contribution in [3.8, 4) is 0 Å². The van der Waals surface area contributed by atoms with Gasteiger partial charge in [-0.1, -0.05) is 22.6 Å². The number of carbonyl (C=O) groups is 1. The molecule has 1 aliphatic heterocycles. The van der Waals surface area contributed by atoms with E-state index in [2.05, 4.69) is 27.9 Å². The topological polar surface area (TPSA) is 38.3 Å². The van der Waals surface area contributed by atoms with Gasteiger partial charge in [0.15, 0.2) is 0 Å². The molecule has 1 heterocycles. The molecule has 1 N–H and O–H groups in total. The quantitative estimate of drug-likeness (QED) is 0.456. The van der Waals surface area contributed by atoms with E-state index >= 15 is 0 Å². The second-order valence-corrected chi connectivity index (χ2v) is 6.42. The van der Waals surface area contributed by atoms with E-state index in [1.165, 1.54) is 0 Å². The summed E-state index contributed by atoms with van der Waals surface area (Å²) in [5, 5.41) is 3.19. The SMILES string of the molecule is CC(C)(C)OC(=O)C1CC(I)CCN1. The van der Waals surface area contributed by atoms with Crippen LogP contribution in [-0.2, 0) is 9.53 Å². The summed E-state index contributed by atoms with van der Waals surface area (Å²) in [5.41, 5.74) is -0.378. The number of esters is 1. The Labute approximate surface area is 99.1 Å². The number of nitrogens with one attached hydrogen (secondary N) is 1. The molecule has 3 nitrogen and oxygen atoms in total. The van der Waals surface area contributed by atoms with Gasteiger partial charge in [-0.05, 0) is 40.2 Å². The van der Waals surface area contributed by atoms with Crippen LogP contribution in [0.3, 0.4) is 0 Å². The minimum atomic E-state index is -0.378. The van der Waals surface area contributed by atoms with Crippen LogP contribution in [0.25, 0.3) is 0 Å². The van der Waals surface area contributed by atoms with Gasteiger partial charge in [-0.25, -0.2) is 0 Å². The van der Waals surface area contributed by atoms with Crippen LogP contribution < -0.4 is 5.32 Å². The summed E-state index contributed by atoms with van der Waals surface area (Å²) in [5.74, 6) is -0.112. The predicted molar refractivity (Wildman–Crippen MR) is 64.7 cm³/mol. The maximum Gasteiger partial charge on any atom is 0.323 e. The maximum absolute atomic E-state index is 11.7. The first-order valence-electron chi connectivity index (χ1n) is 4.99. The van der Waals surface area contributed by atoms with Gasteiger partial charge in [-0.15, -0.1) is 0 Å². The Morgan fingerprint density at radius 2 is 2.14 bits per heavy atom. The molecule has 0 saturated carbocycles. The Morgan fingerprint density at radius 1 is 1.50 bits per heavy atom. The summed E-state index contributed by atoms with van der Waals surface area (Å²) >= 11 is 2.39. The van der Waals surface area contributed by atoms with Crippen LogP contribution in [0.1, 0.15) is 33.6 Å². The van der Waals surface area contributed by atoms with E-state index in [9.17, 15) is 4.79 Å². The van der Waals surface area contributed by atoms with E-state index in [0.717, 1.165) is 19.4 Å². The fourth-order valence-electron chi connectivity index (χ4n) is 1.42. The van der Waals surface area contributed by atoms with Crippen molar-refractivity contribution < 1.29 is 9.53 Å². The zero-order valence-corrected chi connectivity index (χ0v) is 11.1. The highest BCUT2D eigenvalue weighted by molar-refractivity contribution is 14.1. The lowest BCUT2D eigenvalue weighted by molar-refractivity contribution is -0.158. The van der Waals surface area contributed by atoms with Crippen molar-refractivity contribution >= 4 is 28.6 Å². The van der Waals surface area contributed by atoms with E-state index in [0.29, 0.717) is 3.92 Å². The third-order valence-electron chi connectivity index (χ3n) is 2.03. The van der Waals surface area contributed by atoms with Crippen molar-refractivity contribution in [1.29, 1.82) is 0 Å². The molecular formula is C10H18INO2. The Morgan fingerprint density at radius 3 is 2.64 bits per heavy atom. The number of alkyl halides is 1. The molecule has 0 aromatic carbocycles. The van der Waals surface area contributed by atoms with Crippen LogP contribution in [0.4, 0.5) is 0 Å². The fraction of sp³-hybridized carbons (Fsp3) is 0.900. The molecule has 0 amide bonds. The summed E-state index contributed by atoms with van der Waals surface area (Å²) in [6, 6.07) is -0.107. The number of rotatable bonds is 1. The summed E-state index contributed by atoms with van der Waals surface area (Å²) in [6.07, 6.45) is 2.02. The van der Waals surface area contributed by atoms with E-state index in [1.54, 1.807) is 0 Å². The second-order valence-electron chi connectivity index (χ2n) is 4.66. The van der Waals surface area contributed by atoms with Gasteiger partial charge in [-0.2, -0.15) is 0 Å². The first-order valence-corrected chi connectivity index (χ1v) is 6.23. The minimum Gasteiger partial charge on any atom is -0.459 e. The van der Waals surface area contributed by atoms with Gasteiger partial charge >= 0.3 is 5.97 Å². The molecule has 2 atom stereocenters. The van der Waals surface area contributed by atoms with Crippen molar-refractivity contribution in [3.05, 3.63) is 0 Å². The van der Waals surface area contributed by atoms with Crippen molar-refractivity contribution in [3.63, 3.8) is 0 Å².